The van der Waals surface area contributed by atoms with Gasteiger partial charge in [-0.25, -0.2) is 9.37 Å². The molecule has 3 nitrogen and oxygen atoms in total. The Morgan fingerprint density at radius 1 is 1.38 bits per heavy atom. The third-order valence-electron chi connectivity index (χ3n) is 4.20. The van der Waals surface area contributed by atoms with Gasteiger partial charge in [-0.2, -0.15) is 0 Å². The van der Waals surface area contributed by atoms with E-state index in [1.807, 2.05) is 0 Å². The maximum absolute atomic E-state index is 14.7. The molecule has 118 valence electrons. The fourth-order valence-electron chi connectivity index (χ4n) is 3.10. The largest absolute Gasteiger partial charge is 0.351 e. The van der Waals surface area contributed by atoms with Crippen LogP contribution in [0.2, 0.25) is 0 Å². The van der Waals surface area contributed by atoms with Crippen LogP contribution in [0, 0.1) is 11.7 Å². The van der Waals surface area contributed by atoms with E-state index in [4.69, 9.17) is 0 Å². The molecule has 0 spiro atoms. The minimum atomic E-state index is -0.150. The summed E-state index contributed by atoms with van der Waals surface area (Å²) in [6, 6.07) is 2.24. The van der Waals surface area contributed by atoms with Crippen molar-refractivity contribution in [3.63, 3.8) is 0 Å². The minimum Gasteiger partial charge on any atom is -0.351 e. The molecule has 1 aromatic rings. The van der Waals surface area contributed by atoms with Crippen LogP contribution in [-0.4, -0.2) is 24.1 Å². The Hall–Kier alpha value is -1.16. The smallest absolute Gasteiger partial charge is 0.170 e. The average Bonchev–Trinajstić information content (AvgIpc) is 2.97. The highest BCUT2D eigenvalue weighted by Crippen LogP contribution is 2.29. The molecule has 0 unspecified atom stereocenters. The van der Waals surface area contributed by atoms with E-state index in [2.05, 4.69) is 36.0 Å². The van der Waals surface area contributed by atoms with E-state index in [9.17, 15) is 4.39 Å². The summed E-state index contributed by atoms with van der Waals surface area (Å²) < 4.78 is 14.7. The number of hydrogen-bond acceptors (Lipinski definition) is 3. The van der Waals surface area contributed by atoms with Gasteiger partial charge in [-0.3, -0.25) is 0 Å². The molecule has 1 aliphatic rings. The number of hydrogen-bond donors (Lipinski definition) is 1. The molecule has 1 heterocycles. The Balaban J connectivity index is 2.11. The fraction of sp³-hybridized carbons (Fsp3) is 0.706. The molecule has 1 fully saturated rings. The van der Waals surface area contributed by atoms with Crippen molar-refractivity contribution in [3.8, 4) is 0 Å². The summed E-state index contributed by atoms with van der Waals surface area (Å²) in [4.78, 5) is 6.47. The van der Waals surface area contributed by atoms with Crippen molar-refractivity contribution in [1.82, 2.24) is 10.3 Å². The molecule has 21 heavy (non-hydrogen) atoms. The second kappa shape index (κ2) is 7.74. The van der Waals surface area contributed by atoms with Gasteiger partial charge in [-0.1, -0.05) is 26.7 Å². The normalized spacial score (nSPS) is 15.9. The van der Waals surface area contributed by atoms with E-state index in [-0.39, 0.29) is 5.82 Å². The van der Waals surface area contributed by atoms with Gasteiger partial charge < -0.3 is 10.2 Å². The highest BCUT2D eigenvalue weighted by atomic mass is 19.1. The van der Waals surface area contributed by atoms with Crippen LogP contribution in [-0.2, 0) is 6.54 Å². The van der Waals surface area contributed by atoms with Gasteiger partial charge in [0, 0.05) is 30.9 Å². The first kappa shape index (κ1) is 16.2. The maximum atomic E-state index is 14.7. The van der Waals surface area contributed by atoms with Crippen LogP contribution in [0.3, 0.4) is 0 Å². The highest BCUT2D eigenvalue weighted by molar-refractivity contribution is 5.44. The van der Waals surface area contributed by atoms with Crippen molar-refractivity contribution in [2.24, 2.45) is 5.92 Å². The zero-order valence-electron chi connectivity index (χ0n) is 13.5. The van der Waals surface area contributed by atoms with Gasteiger partial charge in [0.1, 0.15) is 0 Å². The Bertz CT molecular complexity index is 442. The molecule has 1 aromatic heterocycles. The van der Waals surface area contributed by atoms with Crippen molar-refractivity contribution in [2.75, 3.05) is 18.0 Å². The molecule has 1 saturated carbocycles. The van der Waals surface area contributed by atoms with Gasteiger partial charge in [0.25, 0.3) is 0 Å². The molecule has 0 radical (unpaired) electrons. The molecule has 0 aromatic carbocycles. The monoisotopic (exact) mass is 293 g/mol. The van der Waals surface area contributed by atoms with Crippen LogP contribution in [0.5, 0.6) is 0 Å². The van der Waals surface area contributed by atoms with Crippen LogP contribution in [0.15, 0.2) is 12.3 Å². The average molecular weight is 293 g/mol. The first-order valence-corrected chi connectivity index (χ1v) is 8.24. The van der Waals surface area contributed by atoms with Crippen LogP contribution < -0.4 is 10.2 Å². The topological polar surface area (TPSA) is 28.2 Å². The van der Waals surface area contributed by atoms with Crippen molar-refractivity contribution in [1.29, 1.82) is 0 Å². The second-order valence-corrected chi connectivity index (χ2v) is 6.36. The molecule has 0 amide bonds. The standard InChI is InChI=1S/C17H28FN3/c1-4-21(15-7-5-6-8-15)17-16(18)14(9-10-20-17)12-19-11-13(2)3/h9-10,13,15,19H,4-8,11-12H2,1-3H3. The van der Waals surface area contributed by atoms with Gasteiger partial charge in [0.05, 0.1) is 0 Å². The molecular weight excluding hydrogens is 265 g/mol. The van der Waals surface area contributed by atoms with E-state index in [1.165, 1.54) is 12.8 Å². The third-order valence-corrected chi connectivity index (χ3v) is 4.20. The number of nitrogens with one attached hydrogen (secondary N) is 1. The lowest BCUT2D eigenvalue weighted by Gasteiger charge is -2.29. The van der Waals surface area contributed by atoms with E-state index >= 15 is 0 Å². The van der Waals surface area contributed by atoms with E-state index in [1.54, 1.807) is 12.3 Å². The molecule has 1 N–H and O–H groups in total. The third kappa shape index (κ3) is 4.16. The molecule has 4 heteroatoms. The molecule has 0 aliphatic heterocycles. The highest BCUT2D eigenvalue weighted by Gasteiger charge is 2.25. The first-order valence-electron chi connectivity index (χ1n) is 8.24. The summed E-state index contributed by atoms with van der Waals surface area (Å²) in [5.41, 5.74) is 0.720. The lowest BCUT2D eigenvalue weighted by Crippen LogP contribution is -2.34. The van der Waals surface area contributed by atoms with Crippen LogP contribution in [0.1, 0.15) is 52.0 Å². The SMILES string of the molecule is CCN(c1nccc(CNCC(C)C)c1F)C1CCCC1. The predicted molar refractivity (Wildman–Crippen MR) is 86.0 cm³/mol. The summed E-state index contributed by atoms with van der Waals surface area (Å²) in [5.74, 6) is 0.954. The minimum absolute atomic E-state index is 0.150. The summed E-state index contributed by atoms with van der Waals surface area (Å²) in [7, 11) is 0. The Morgan fingerprint density at radius 3 is 2.71 bits per heavy atom. The molecule has 1 aliphatic carbocycles. The van der Waals surface area contributed by atoms with Crippen molar-refractivity contribution < 1.29 is 4.39 Å². The number of rotatable bonds is 7. The Labute approximate surface area is 127 Å². The van der Waals surface area contributed by atoms with E-state index < -0.39 is 0 Å². The van der Waals surface area contributed by atoms with Crippen molar-refractivity contribution in [2.45, 2.75) is 59.0 Å². The quantitative estimate of drug-likeness (QED) is 0.830. The number of halogens is 1. The molecule has 0 saturated heterocycles. The lowest BCUT2D eigenvalue weighted by atomic mass is 10.1. The molecule has 2 rings (SSSR count). The Kier molecular flexibility index (Phi) is 5.97. The summed E-state index contributed by atoms with van der Waals surface area (Å²) >= 11 is 0. The van der Waals surface area contributed by atoms with Gasteiger partial charge in [0.2, 0.25) is 0 Å². The summed E-state index contributed by atoms with van der Waals surface area (Å²) in [6.07, 6.45) is 6.55. The molecule has 0 atom stereocenters. The second-order valence-electron chi connectivity index (χ2n) is 6.36. The molecule has 0 bridgehead atoms. The van der Waals surface area contributed by atoms with Gasteiger partial charge >= 0.3 is 0 Å². The predicted octanol–water partition coefficient (Wildman–Crippen LogP) is 3.74. The summed E-state index contributed by atoms with van der Waals surface area (Å²) in [6.45, 7) is 8.68. The molecular formula is C17H28FN3. The number of nitrogens with zero attached hydrogens (tertiary/aromatic N) is 2. The van der Waals surface area contributed by atoms with Gasteiger partial charge in [-0.15, -0.1) is 0 Å². The van der Waals surface area contributed by atoms with Crippen LogP contribution >= 0.6 is 0 Å². The zero-order chi connectivity index (χ0) is 15.2. The number of anilines is 1. The Morgan fingerprint density at radius 2 is 2.10 bits per heavy atom. The zero-order valence-corrected chi connectivity index (χ0v) is 13.5. The summed E-state index contributed by atoms with van der Waals surface area (Å²) in [5, 5.41) is 3.31. The maximum Gasteiger partial charge on any atom is 0.170 e. The van der Waals surface area contributed by atoms with Crippen molar-refractivity contribution >= 4 is 5.82 Å². The number of aromatic nitrogens is 1. The van der Waals surface area contributed by atoms with Crippen LogP contribution in [0.25, 0.3) is 0 Å². The lowest BCUT2D eigenvalue weighted by molar-refractivity contribution is 0.525. The van der Waals surface area contributed by atoms with E-state index in [0.717, 1.165) is 31.5 Å². The van der Waals surface area contributed by atoms with Gasteiger partial charge in [0.15, 0.2) is 11.6 Å². The van der Waals surface area contributed by atoms with E-state index in [0.29, 0.717) is 24.3 Å². The fourth-order valence-corrected chi connectivity index (χ4v) is 3.10. The first-order chi connectivity index (χ1) is 10.1. The number of pyridine rings is 1. The van der Waals surface area contributed by atoms with Crippen molar-refractivity contribution in [3.05, 3.63) is 23.6 Å². The van der Waals surface area contributed by atoms with Gasteiger partial charge in [-0.05, 0) is 38.3 Å². The van der Waals surface area contributed by atoms with Crippen LogP contribution in [0.4, 0.5) is 10.2 Å².